The number of methoxy groups -OCH3 is 1. The first-order chi connectivity index (χ1) is 62.5. The lowest BCUT2D eigenvalue weighted by Gasteiger charge is -2.44. The van der Waals surface area contributed by atoms with Gasteiger partial charge in [-0.3, -0.25) is 34.7 Å². The smallest absolute Gasteiger partial charge is 0.411 e. The molecule has 3 aliphatic heterocycles. The predicted octanol–water partition coefficient (Wildman–Crippen LogP) is 18.5. The highest BCUT2D eigenvalue weighted by Crippen LogP contribution is 2.47. The summed E-state index contributed by atoms with van der Waals surface area (Å²) in [6, 6.07) is 30.4. The van der Waals surface area contributed by atoms with E-state index in [1.165, 1.54) is 48.1 Å². The van der Waals surface area contributed by atoms with Crippen LogP contribution in [-0.4, -0.2) is 180 Å². The summed E-state index contributed by atoms with van der Waals surface area (Å²) >= 11 is 20.9. The van der Waals surface area contributed by atoms with Gasteiger partial charge in [-0.25, -0.2) is 52.2 Å². The van der Waals surface area contributed by atoms with E-state index in [-0.39, 0.29) is 99.2 Å². The zero-order chi connectivity index (χ0) is 94.3. The van der Waals surface area contributed by atoms with Gasteiger partial charge in [-0.15, -0.1) is 0 Å². The normalized spacial score (nSPS) is 17.0. The zero-order valence-corrected chi connectivity index (χ0v) is 79.1. The van der Waals surface area contributed by atoms with Gasteiger partial charge in [0.05, 0.1) is 101 Å². The first-order valence-corrected chi connectivity index (χ1v) is 45.3. The lowest BCUT2D eigenvalue weighted by Crippen LogP contribution is -2.58. The fourth-order valence-electron chi connectivity index (χ4n) is 17.9. The van der Waals surface area contributed by atoms with Crippen LogP contribution < -0.4 is 37.1 Å². The van der Waals surface area contributed by atoms with Crippen molar-refractivity contribution in [2.24, 2.45) is 0 Å². The van der Waals surface area contributed by atoms with Crippen LogP contribution in [0.15, 0.2) is 174 Å². The number of ether oxygens (including phenoxy) is 1. The summed E-state index contributed by atoms with van der Waals surface area (Å²) < 4.78 is 25.0. The van der Waals surface area contributed by atoms with E-state index in [0.717, 1.165) is 74.5 Å². The van der Waals surface area contributed by atoms with Crippen LogP contribution >= 0.6 is 34.8 Å². The van der Waals surface area contributed by atoms with Gasteiger partial charge in [0.15, 0.2) is 16.9 Å². The lowest BCUT2D eigenvalue weighted by atomic mass is 9.97. The molecule has 31 heteroatoms. The molecule has 4 aliphatic rings. The Morgan fingerprint density at radius 1 is 0.466 bits per heavy atom. The predicted molar refractivity (Wildman–Crippen MR) is 519 cm³/mol. The van der Waals surface area contributed by atoms with E-state index in [4.69, 9.17) is 69.4 Å². The number of carbonyl (C=O) groups is 4. The van der Waals surface area contributed by atoms with Crippen molar-refractivity contribution in [2.45, 2.75) is 183 Å². The highest BCUT2D eigenvalue weighted by molar-refractivity contribution is 6.35. The largest absolute Gasteiger partial charge is 0.453 e. The number of hydrogen-bond acceptors (Lipinski definition) is 20. The van der Waals surface area contributed by atoms with Gasteiger partial charge >= 0.3 is 23.2 Å². The molecule has 4 fully saturated rings. The fourth-order valence-corrected chi connectivity index (χ4v) is 18.6. The van der Waals surface area contributed by atoms with Gasteiger partial charge in [0.25, 0.3) is 0 Å². The lowest BCUT2D eigenvalue weighted by molar-refractivity contribution is -0.129. The van der Waals surface area contributed by atoms with Crippen LogP contribution in [0.2, 0.25) is 15.1 Å². The van der Waals surface area contributed by atoms with Gasteiger partial charge in [-0.05, 0) is 186 Å². The number of piperazine rings is 3. The Labute approximate surface area is 775 Å². The highest BCUT2D eigenvalue weighted by Gasteiger charge is 2.40. The van der Waals surface area contributed by atoms with E-state index >= 15 is 4.39 Å². The number of hydrogen-bond donors (Lipinski definition) is 1. The van der Waals surface area contributed by atoms with Crippen LogP contribution in [0.4, 0.5) is 32.3 Å². The van der Waals surface area contributed by atoms with Gasteiger partial charge in [-0.2, -0.15) is 15.0 Å². The summed E-state index contributed by atoms with van der Waals surface area (Å²) in [6.07, 6.45) is 10.6. The average molecular weight is 1830 g/mol. The summed E-state index contributed by atoms with van der Waals surface area (Å²) in [4.78, 5) is 147. The molecule has 1 N–H and O–H groups in total. The molecule has 4 unspecified atom stereocenters. The third kappa shape index (κ3) is 18.6. The Morgan fingerprint density at radius 2 is 0.885 bits per heavy atom. The molecule has 0 bridgehead atoms. The number of aromatic nitrogens is 12. The molecule has 1 aliphatic carbocycles. The Balaban J connectivity index is 0.000000158. The van der Waals surface area contributed by atoms with Gasteiger partial charge in [0.1, 0.15) is 23.3 Å². The molecule has 3 aromatic carbocycles. The maximum Gasteiger partial charge on any atom is 0.411 e. The second-order valence-electron chi connectivity index (χ2n) is 35.3. The molecule has 27 nitrogen and oxygen atoms in total. The third-order valence-corrected chi connectivity index (χ3v) is 25.7. The van der Waals surface area contributed by atoms with Crippen molar-refractivity contribution >= 4 is 115 Å². The standard InChI is InChI=1S/C34H37ClN6O2.C33H35ClFN7O4.C33H37ClN6O2/c1-7-28(42)39-17-22(6)40(18-21(39)5)32-26-16-27(35)30(25-11-9-8-10-20(25)4)37-33(26)41(34(43)38-32)31-24(19(2)3)14-15-36-29(31)23-12-13-23;1-8-25(43)40-15-20(6)41(16-19(40)5)30-21-14-22(34)28(26-23(35)10-9-11-24(26)37-33(45)46-7)38-31(21)42(32(44)39-30)29-18(4)12-13-36-27(29)17(2)3;1-8-27(41)38-15-16-39(22(7)18-38)31-25-17-26(34)29(24-12-10-9-11-21(24)6)36-32(25)40(33(42)37-31)30-23(19(2)3)13-14-35-28(30)20(4)5/h7-11,14-16,19,21-23H,1,12-13,17-18H2,2-6H3;8-14,17,19-20H,1,15-16H2,2-7H3,(H,37,45);8-14,17,19-20,22H,1,15-16,18H2,2-7H3/t;;22-/m..0/s1. The van der Waals surface area contributed by atoms with E-state index in [2.05, 4.69) is 91.3 Å². The van der Waals surface area contributed by atoms with Crippen LogP contribution in [0.3, 0.4) is 0 Å². The number of nitrogens with zero attached hydrogens (tertiary/aromatic N) is 18. The van der Waals surface area contributed by atoms with Crippen LogP contribution in [0.1, 0.15) is 177 Å². The minimum atomic E-state index is -0.808. The maximum absolute atomic E-state index is 15.6. The van der Waals surface area contributed by atoms with Crippen molar-refractivity contribution in [3.63, 3.8) is 0 Å². The number of nitrogens with one attached hydrogen (secondary N) is 1. The molecule has 16 rings (SSSR count). The third-order valence-electron chi connectivity index (χ3n) is 24.8. The molecule has 0 spiro atoms. The van der Waals surface area contributed by atoms with Crippen molar-refractivity contribution in [3.8, 4) is 50.8 Å². The Bertz CT molecular complexity index is 6700. The van der Waals surface area contributed by atoms with Gasteiger partial charge in [0.2, 0.25) is 17.7 Å². The Kier molecular flexibility index (Phi) is 28.1. The molecular formula is C100H109Cl3FN19O8. The number of carbonyl (C=O) groups excluding carboxylic acids is 4. The molecule has 131 heavy (non-hydrogen) atoms. The summed E-state index contributed by atoms with van der Waals surface area (Å²) in [5, 5.41) is 5.32. The molecule has 3 saturated heterocycles. The summed E-state index contributed by atoms with van der Waals surface area (Å²) in [6.45, 7) is 46.4. The first kappa shape index (κ1) is 94.2. The van der Waals surface area contributed by atoms with E-state index in [1.807, 2.05) is 158 Å². The van der Waals surface area contributed by atoms with Crippen molar-refractivity contribution in [1.82, 2.24) is 73.3 Å². The van der Waals surface area contributed by atoms with Gasteiger partial charge in [0, 0.05) is 112 Å². The minimum absolute atomic E-state index is 0.000532. The molecule has 9 aromatic heterocycles. The first-order valence-electron chi connectivity index (χ1n) is 44.2. The second kappa shape index (κ2) is 39.0. The number of halogens is 4. The van der Waals surface area contributed by atoms with Crippen molar-refractivity contribution in [1.29, 1.82) is 0 Å². The topological polar surface area (TPSA) is 291 Å². The molecule has 1 saturated carbocycles. The summed E-state index contributed by atoms with van der Waals surface area (Å²) in [5.41, 5.74) is 11.9. The van der Waals surface area contributed by atoms with Crippen LogP contribution in [0, 0.1) is 26.6 Å². The zero-order valence-electron chi connectivity index (χ0n) is 76.9. The fraction of sp³-hybridized carbons (Fsp3) is 0.360. The number of aryl methyl sites for hydroxylation is 3. The second-order valence-corrected chi connectivity index (χ2v) is 36.5. The number of benzene rings is 3. The van der Waals surface area contributed by atoms with Gasteiger partial charge in [-0.1, -0.05) is 165 Å². The van der Waals surface area contributed by atoms with Crippen LogP contribution in [0.5, 0.6) is 0 Å². The summed E-state index contributed by atoms with van der Waals surface area (Å²) in [5.74, 6) is 0.829. The number of rotatable bonds is 18. The van der Waals surface area contributed by atoms with E-state index in [0.29, 0.717) is 129 Å². The maximum atomic E-state index is 15.6. The summed E-state index contributed by atoms with van der Waals surface area (Å²) in [7, 11) is 1.19. The average Bonchev–Trinajstić information content (AvgIpc) is 1.64. The number of amides is 4. The Hall–Kier alpha value is -12.9. The van der Waals surface area contributed by atoms with Crippen LogP contribution in [-0.2, 0) is 19.1 Å². The van der Waals surface area contributed by atoms with Crippen molar-refractivity contribution in [2.75, 3.05) is 72.9 Å². The number of fused-ring (bicyclic) bond motifs is 3. The van der Waals surface area contributed by atoms with Gasteiger partial charge < -0.3 is 34.1 Å². The molecule has 5 atom stereocenters. The number of pyridine rings is 6. The molecule has 12 aromatic rings. The van der Waals surface area contributed by atoms with Crippen LogP contribution in [0.25, 0.3) is 83.9 Å². The Morgan fingerprint density at radius 3 is 1.34 bits per heavy atom. The molecular weight excluding hydrogens is 1720 g/mol. The van der Waals surface area contributed by atoms with Crippen molar-refractivity contribution < 1.29 is 28.3 Å². The van der Waals surface area contributed by atoms with Crippen molar-refractivity contribution in [3.05, 3.63) is 257 Å². The quantitative estimate of drug-likeness (QED) is 0.0781. The highest BCUT2D eigenvalue weighted by atomic mass is 35.5. The molecule has 4 amide bonds. The molecule has 680 valence electrons. The SMILES string of the molecule is C=CC(=O)N1CC(C)N(c2nc(=O)n(-c3c(C(C)C)ccnc3C3CC3)c3nc(-c4ccccc4C)c(Cl)cc23)CC1C.C=CC(=O)N1CC(C)N(c2nc(=O)n(-c3c(C)ccnc3C(C)C)c3nc(-c4c(F)cccc4NC(=O)OC)c(Cl)cc23)CC1C.C=CC(=O)N1CCN(c2nc(=O)n(-c3c(C(C)C)ccnc3C(C)C)c3nc(-c4ccccc4C)c(Cl)cc23)[C@@H](C)C1. The molecule has 12 heterocycles. The number of anilines is 4. The molecule has 0 radical (unpaired) electrons. The minimum Gasteiger partial charge on any atom is -0.453 e. The van der Waals surface area contributed by atoms with E-state index in [1.54, 1.807) is 43.5 Å². The van der Waals surface area contributed by atoms with E-state index < -0.39 is 29.0 Å². The monoisotopic (exact) mass is 1830 g/mol. The van der Waals surface area contributed by atoms with E-state index in [9.17, 15) is 33.6 Å².